The van der Waals surface area contributed by atoms with Crippen LogP contribution in [0.1, 0.15) is 51.4 Å². The van der Waals surface area contributed by atoms with E-state index in [9.17, 15) is 9.90 Å². The van der Waals surface area contributed by atoms with Gasteiger partial charge in [-0.15, -0.1) is 11.8 Å². The number of carbonyl (C=O) groups is 1. The molecule has 0 bridgehead atoms. The van der Waals surface area contributed by atoms with Crippen molar-refractivity contribution in [2.45, 2.75) is 43.0 Å². The van der Waals surface area contributed by atoms with Crippen molar-refractivity contribution < 1.29 is 24.1 Å². The molecule has 2 N–H and O–H groups in total. The van der Waals surface area contributed by atoms with E-state index in [1.807, 2.05) is 66.7 Å². The van der Waals surface area contributed by atoms with Gasteiger partial charge in [0.15, 0.2) is 6.29 Å². The molecule has 2 heterocycles. The Bertz CT molecular complexity index is 1750. The maximum atomic E-state index is 12.5. The molecule has 3 atom stereocenters. The summed E-state index contributed by atoms with van der Waals surface area (Å²) in [4.78, 5) is 17.6. The third-order valence-corrected chi connectivity index (χ3v) is 9.09. The molecule has 1 saturated heterocycles. The molecule has 1 aliphatic heterocycles. The molecule has 5 aromatic rings. The molecule has 4 aromatic carbocycles. The molecule has 7 nitrogen and oxygen atoms in total. The number of hydrogen-bond donors (Lipinski definition) is 2. The number of para-hydroxylation sites is 1. The van der Waals surface area contributed by atoms with E-state index in [1.54, 1.807) is 43.4 Å². The van der Waals surface area contributed by atoms with Crippen LogP contribution in [0.4, 0.5) is 0 Å². The van der Waals surface area contributed by atoms with Gasteiger partial charge >= 0.3 is 0 Å². The SMILES string of the molecule is COc1ccccc1SCC1CC(c2ccc(CO)cc2)OC(c2cccc(-c3cccc(CNC(=O)c4cccnc4)c3)c2)O1. The van der Waals surface area contributed by atoms with Crippen molar-refractivity contribution in [2.24, 2.45) is 0 Å². The smallest absolute Gasteiger partial charge is 0.253 e. The van der Waals surface area contributed by atoms with Crippen LogP contribution in [0.15, 0.2) is 126 Å². The van der Waals surface area contributed by atoms with E-state index in [1.165, 1.54) is 0 Å². The van der Waals surface area contributed by atoms with E-state index < -0.39 is 6.29 Å². The predicted molar refractivity (Wildman–Crippen MR) is 179 cm³/mol. The minimum absolute atomic E-state index is 0.000578. The summed E-state index contributed by atoms with van der Waals surface area (Å²) < 4.78 is 18.8. The molecule has 1 aromatic heterocycles. The van der Waals surface area contributed by atoms with Crippen molar-refractivity contribution in [3.63, 3.8) is 0 Å². The van der Waals surface area contributed by atoms with Crippen LogP contribution >= 0.6 is 11.8 Å². The van der Waals surface area contributed by atoms with Crippen LogP contribution in [0.5, 0.6) is 5.75 Å². The lowest BCUT2D eigenvalue weighted by molar-refractivity contribution is -0.245. The maximum Gasteiger partial charge on any atom is 0.253 e. The van der Waals surface area contributed by atoms with Gasteiger partial charge in [0, 0.05) is 41.6 Å². The number of methoxy groups -OCH3 is 1. The number of ether oxygens (including phenoxy) is 3. The van der Waals surface area contributed by atoms with Crippen molar-refractivity contribution in [2.75, 3.05) is 12.9 Å². The first-order valence-corrected chi connectivity index (χ1v) is 16.2. The quantitative estimate of drug-likeness (QED) is 0.146. The Balaban J connectivity index is 1.20. The highest BCUT2D eigenvalue weighted by Crippen LogP contribution is 2.41. The molecule has 0 spiro atoms. The highest BCUT2D eigenvalue weighted by atomic mass is 32.2. The van der Waals surface area contributed by atoms with Gasteiger partial charge in [-0.2, -0.15) is 0 Å². The van der Waals surface area contributed by atoms with Crippen LogP contribution in [0, 0.1) is 0 Å². The molecule has 1 fully saturated rings. The molecule has 234 valence electrons. The van der Waals surface area contributed by atoms with Crippen LogP contribution < -0.4 is 10.1 Å². The number of thioether (sulfide) groups is 1. The summed E-state index contributed by atoms with van der Waals surface area (Å²) in [5.74, 6) is 1.42. The minimum Gasteiger partial charge on any atom is -0.496 e. The van der Waals surface area contributed by atoms with Crippen molar-refractivity contribution in [3.8, 4) is 16.9 Å². The first-order chi connectivity index (χ1) is 22.6. The van der Waals surface area contributed by atoms with Gasteiger partial charge in [-0.1, -0.05) is 72.8 Å². The third-order valence-electron chi connectivity index (χ3n) is 7.90. The molecule has 46 heavy (non-hydrogen) atoms. The average Bonchev–Trinajstić information content (AvgIpc) is 3.13. The molecule has 0 aliphatic carbocycles. The number of carbonyl (C=O) groups excluding carboxylic acids is 1. The highest BCUT2D eigenvalue weighted by Gasteiger charge is 2.32. The van der Waals surface area contributed by atoms with Gasteiger partial charge in [0.05, 0.1) is 31.5 Å². The normalized spacial score (nSPS) is 17.7. The summed E-state index contributed by atoms with van der Waals surface area (Å²) in [5.41, 5.74) is 6.42. The number of rotatable bonds is 11. The fourth-order valence-electron chi connectivity index (χ4n) is 5.45. The summed E-state index contributed by atoms with van der Waals surface area (Å²) in [6, 6.07) is 35.8. The highest BCUT2D eigenvalue weighted by molar-refractivity contribution is 7.99. The molecule has 1 aliphatic rings. The Labute approximate surface area is 273 Å². The summed E-state index contributed by atoms with van der Waals surface area (Å²) in [7, 11) is 1.69. The molecule has 0 radical (unpaired) electrons. The standard InChI is InChI=1S/C38H36N2O5S/c1-43-34-12-2-3-13-36(34)46-25-33-21-35(28-16-14-26(24-41)15-17-28)45-38(44-33)31-10-5-9-30(20-31)29-8-4-7-27(19-29)22-40-37(42)32-11-6-18-39-23-32/h2-20,23,33,35,38,41H,21-22,24-25H2,1H3,(H,40,42). The number of pyridine rings is 1. The van der Waals surface area contributed by atoms with Gasteiger partial charge in [-0.25, -0.2) is 0 Å². The second kappa shape index (κ2) is 15.2. The second-order valence-corrected chi connectivity index (χ2v) is 12.1. The molecule has 1 amide bonds. The Kier molecular flexibility index (Phi) is 10.4. The van der Waals surface area contributed by atoms with E-state index in [0.29, 0.717) is 18.5 Å². The number of amides is 1. The summed E-state index contributed by atoms with van der Waals surface area (Å²) in [5, 5.41) is 12.5. The van der Waals surface area contributed by atoms with Crippen LogP contribution in [0.3, 0.4) is 0 Å². The van der Waals surface area contributed by atoms with Crippen LogP contribution in [0.2, 0.25) is 0 Å². The Morgan fingerprint density at radius 2 is 1.70 bits per heavy atom. The summed E-state index contributed by atoms with van der Waals surface area (Å²) in [6.07, 6.45) is 3.08. The molecule has 8 heteroatoms. The van der Waals surface area contributed by atoms with Gasteiger partial charge in [0.2, 0.25) is 0 Å². The first kappa shape index (κ1) is 31.5. The monoisotopic (exact) mass is 632 g/mol. The van der Waals surface area contributed by atoms with Crippen molar-refractivity contribution >= 4 is 17.7 Å². The van der Waals surface area contributed by atoms with Crippen LogP contribution in [0.25, 0.3) is 11.1 Å². The Morgan fingerprint density at radius 3 is 2.48 bits per heavy atom. The van der Waals surface area contributed by atoms with Gasteiger partial charge in [-0.05, 0) is 64.2 Å². The van der Waals surface area contributed by atoms with Crippen LogP contribution in [-0.4, -0.2) is 35.0 Å². The van der Waals surface area contributed by atoms with Gasteiger partial charge < -0.3 is 24.6 Å². The van der Waals surface area contributed by atoms with Crippen LogP contribution in [-0.2, 0) is 22.6 Å². The first-order valence-electron chi connectivity index (χ1n) is 15.2. The van der Waals surface area contributed by atoms with Gasteiger partial charge in [0.25, 0.3) is 5.91 Å². The fourth-order valence-corrected chi connectivity index (χ4v) is 6.50. The lowest BCUT2D eigenvalue weighted by atomic mass is 9.99. The lowest BCUT2D eigenvalue weighted by Gasteiger charge is -2.36. The zero-order valence-electron chi connectivity index (χ0n) is 25.5. The zero-order valence-corrected chi connectivity index (χ0v) is 26.4. The number of nitrogens with one attached hydrogen (secondary N) is 1. The fraction of sp³-hybridized carbons (Fsp3) is 0.211. The Hall–Kier alpha value is -4.47. The third kappa shape index (κ3) is 7.84. The topological polar surface area (TPSA) is 89.9 Å². The number of aromatic nitrogens is 1. The van der Waals surface area contributed by atoms with Crippen molar-refractivity contribution in [1.82, 2.24) is 10.3 Å². The number of benzene rings is 4. The van der Waals surface area contributed by atoms with E-state index in [4.69, 9.17) is 14.2 Å². The zero-order chi connectivity index (χ0) is 31.7. The van der Waals surface area contributed by atoms with Gasteiger partial charge in [0.1, 0.15) is 5.75 Å². The number of aliphatic hydroxyl groups is 1. The molecule has 3 unspecified atom stereocenters. The second-order valence-electron chi connectivity index (χ2n) is 11.1. The largest absolute Gasteiger partial charge is 0.496 e. The summed E-state index contributed by atoms with van der Waals surface area (Å²) >= 11 is 1.71. The lowest BCUT2D eigenvalue weighted by Crippen LogP contribution is -2.31. The van der Waals surface area contributed by atoms with E-state index >= 15 is 0 Å². The number of hydrogen-bond acceptors (Lipinski definition) is 7. The molecular formula is C38H36N2O5S. The van der Waals surface area contributed by atoms with E-state index in [-0.39, 0.29) is 24.7 Å². The number of nitrogens with zero attached hydrogens (tertiary/aromatic N) is 1. The minimum atomic E-state index is -0.568. The average molecular weight is 633 g/mol. The maximum absolute atomic E-state index is 12.5. The molecule has 6 rings (SSSR count). The van der Waals surface area contributed by atoms with Crippen molar-refractivity contribution in [1.29, 1.82) is 0 Å². The van der Waals surface area contributed by atoms with Gasteiger partial charge in [-0.3, -0.25) is 9.78 Å². The molecule has 0 saturated carbocycles. The number of aliphatic hydroxyl groups excluding tert-OH is 1. The van der Waals surface area contributed by atoms with Crippen molar-refractivity contribution in [3.05, 3.63) is 149 Å². The summed E-state index contributed by atoms with van der Waals surface area (Å²) in [6.45, 7) is 0.402. The Morgan fingerprint density at radius 1 is 0.891 bits per heavy atom. The molecular weight excluding hydrogens is 596 g/mol. The van der Waals surface area contributed by atoms with E-state index in [0.717, 1.165) is 49.8 Å². The van der Waals surface area contributed by atoms with E-state index in [2.05, 4.69) is 40.6 Å². The predicted octanol–water partition coefficient (Wildman–Crippen LogP) is 7.52.